The molecule has 0 fully saturated rings. The average molecular weight is 416 g/mol. The molecule has 0 saturated heterocycles. The number of guanidine groups is 1. The Kier molecular flexibility index (Phi) is 7.66. The maximum atomic E-state index is 5.87. The zero-order valence-corrected chi connectivity index (χ0v) is 15.4. The van der Waals surface area contributed by atoms with Crippen LogP contribution in [0.1, 0.15) is 21.1 Å². The predicted molar refractivity (Wildman–Crippen MR) is 100 cm³/mol. The summed E-state index contributed by atoms with van der Waals surface area (Å²) in [6.07, 6.45) is 0.940. The van der Waals surface area contributed by atoms with Crippen LogP contribution in [0.3, 0.4) is 0 Å². The number of aliphatic imine (C=N–C) groups is 1. The minimum Gasteiger partial charge on any atom is -0.370 e. The molecule has 0 saturated carbocycles. The van der Waals surface area contributed by atoms with E-state index in [0.29, 0.717) is 12.5 Å². The maximum absolute atomic E-state index is 5.87. The van der Waals surface area contributed by atoms with Crippen molar-refractivity contribution in [2.24, 2.45) is 10.7 Å². The Morgan fingerprint density at radius 1 is 1.29 bits per heavy atom. The smallest absolute Gasteiger partial charge is 0.188 e. The molecule has 1 aromatic heterocycles. The molecule has 0 aliphatic rings. The molecule has 1 heterocycles. The van der Waals surface area contributed by atoms with E-state index in [1.807, 2.05) is 32.0 Å². The summed E-state index contributed by atoms with van der Waals surface area (Å²) in [6, 6.07) is 10.3. The zero-order valence-electron chi connectivity index (χ0n) is 12.3. The quantitative estimate of drug-likeness (QED) is 0.448. The van der Waals surface area contributed by atoms with Crippen LogP contribution in [0.4, 0.5) is 0 Å². The molecule has 1 aromatic carbocycles. The Bertz CT molecular complexity index is 581. The lowest BCUT2D eigenvalue weighted by atomic mass is 10.1. The number of aromatic nitrogens is 1. The van der Waals surface area contributed by atoms with Crippen LogP contribution in [-0.4, -0.2) is 17.5 Å². The second-order valence-electron chi connectivity index (χ2n) is 4.61. The van der Waals surface area contributed by atoms with E-state index in [-0.39, 0.29) is 24.0 Å². The van der Waals surface area contributed by atoms with Crippen molar-refractivity contribution in [2.45, 2.75) is 26.8 Å². The molecule has 2 rings (SSSR count). The first-order chi connectivity index (χ1) is 9.65. The van der Waals surface area contributed by atoms with Gasteiger partial charge in [-0.3, -0.25) is 0 Å². The molecule has 0 spiro atoms. The average Bonchev–Trinajstić information content (AvgIpc) is 2.76. The number of hydrogen-bond donors (Lipinski definition) is 2. The fraction of sp³-hybridized carbons (Fsp3) is 0.333. The molecule has 0 unspecified atom stereocenters. The summed E-state index contributed by atoms with van der Waals surface area (Å²) in [5, 5.41) is 4.21. The first kappa shape index (κ1) is 17.9. The standard InChI is InChI=1S/C15H20N4S.HI/c1-11-14(20-12(2)19-11)10-18-15(16)17-9-8-13-6-4-3-5-7-13;/h3-7H,8-10H2,1-2H3,(H3,16,17,18);1H. The molecule has 0 bridgehead atoms. The van der Waals surface area contributed by atoms with Gasteiger partial charge in [0.05, 0.1) is 17.2 Å². The highest BCUT2D eigenvalue weighted by molar-refractivity contribution is 14.0. The van der Waals surface area contributed by atoms with Gasteiger partial charge in [-0.2, -0.15) is 0 Å². The summed E-state index contributed by atoms with van der Waals surface area (Å²) in [5.74, 6) is 0.492. The first-order valence-corrected chi connectivity index (χ1v) is 7.47. The molecule has 0 amide bonds. The van der Waals surface area contributed by atoms with Gasteiger partial charge in [0.1, 0.15) is 0 Å². The lowest BCUT2D eigenvalue weighted by molar-refractivity contribution is 0.848. The molecular weight excluding hydrogens is 395 g/mol. The minimum absolute atomic E-state index is 0. The maximum Gasteiger partial charge on any atom is 0.188 e. The van der Waals surface area contributed by atoms with Crippen molar-refractivity contribution in [3.05, 3.63) is 51.5 Å². The first-order valence-electron chi connectivity index (χ1n) is 6.66. The van der Waals surface area contributed by atoms with Gasteiger partial charge in [-0.15, -0.1) is 35.3 Å². The molecule has 3 N–H and O–H groups in total. The van der Waals surface area contributed by atoms with Crippen LogP contribution in [0.25, 0.3) is 0 Å². The number of nitrogens with zero attached hydrogens (tertiary/aromatic N) is 2. The van der Waals surface area contributed by atoms with E-state index in [4.69, 9.17) is 5.73 Å². The lowest BCUT2D eigenvalue weighted by Crippen LogP contribution is -2.33. The van der Waals surface area contributed by atoms with Crippen molar-refractivity contribution in [3.8, 4) is 0 Å². The monoisotopic (exact) mass is 416 g/mol. The third kappa shape index (κ3) is 6.01. The van der Waals surface area contributed by atoms with Gasteiger partial charge < -0.3 is 11.1 Å². The molecule has 4 nitrogen and oxygen atoms in total. The SMILES string of the molecule is Cc1nc(C)c(CN=C(N)NCCc2ccccc2)s1.I. The number of nitrogens with two attached hydrogens (primary N) is 1. The largest absolute Gasteiger partial charge is 0.370 e. The number of nitrogens with one attached hydrogen (secondary N) is 1. The Morgan fingerprint density at radius 3 is 2.62 bits per heavy atom. The van der Waals surface area contributed by atoms with Crippen LogP contribution in [-0.2, 0) is 13.0 Å². The molecule has 21 heavy (non-hydrogen) atoms. The van der Waals surface area contributed by atoms with E-state index in [1.54, 1.807) is 11.3 Å². The molecule has 6 heteroatoms. The van der Waals surface area contributed by atoms with E-state index >= 15 is 0 Å². The topological polar surface area (TPSA) is 63.3 Å². The summed E-state index contributed by atoms with van der Waals surface area (Å²) in [6.45, 7) is 5.40. The fourth-order valence-corrected chi connectivity index (χ4v) is 2.77. The Morgan fingerprint density at radius 2 is 2.00 bits per heavy atom. The highest BCUT2D eigenvalue weighted by Gasteiger charge is 2.03. The van der Waals surface area contributed by atoms with E-state index < -0.39 is 0 Å². The van der Waals surface area contributed by atoms with Crippen molar-refractivity contribution in [2.75, 3.05) is 6.54 Å². The van der Waals surface area contributed by atoms with Gasteiger partial charge in [0.2, 0.25) is 0 Å². The van der Waals surface area contributed by atoms with Gasteiger partial charge >= 0.3 is 0 Å². The van der Waals surface area contributed by atoms with E-state index in [2.05, 4.69) is 27.4 Å². The van der Waals surface area contributed by atoms with Crippen molar-refractivity contribution < 1.29 is 0 Å². The Hall–Kier alpha value is -1.15. The van der Waals surface area contributed by atoms with Gasteiger partial charge in [0, 0.05) is 11.4 Å². The normalized spacial score (nSPS) is 11.0. The molecule has 2 aromatic rings. The van der Waals surface area contributed by atoms with Crippen LogP contribution in [0.2, 0.25) is 0 Å². The number of hydrogen-bond acceptors (Lipinski definition) is 3. The van der Waals surface area contributed by atoms with Crippen LogP contribution in [0, 0.1) is 13.8 Å². The summed E-state index contributed by atoms with van der Waals surface area (Å²) in [5.41, 5.74) is 8.21. The van der Waals surface area contributed by atoms with Gasteiger partial charge in [0.15, 0.2) is 5.96 Å². The van der Waals surface area contributed by atoms with E-state index in [9.17, 15) is 0 Å². The second-order valence-corrected chi connectivity index (χ2v) is 5.89. The summed E-state index contributed by atoms with van der Waals surface area (Å²) >= 11 is 1.68. The van der Waals surface area contributed by atoms with E-state index in [0.717, 1.165) is 23.7 Å². The Balaban J connectivity index is 0.00000220. The molecule has 0 radical (unpaired) electrons. The lowest BCUT2D eigenvalue weighted by Gasteiger charge is -2.05. The van der Waals surface area contributed by atoms with Gasteiger partial charge in [0.25, 0.3) is 0 Å². The zero-order chi connectivity index (χ0) is 14.4. The van der Waals surface area contributed by atoms with Gasteiger partial charge in [-0.25, -0.2) is 9.98 Å². The van der Waals surface area contributed by atoms with Gasteiger partial charge in [-0.05, 0) is 25.8 Å². The third-order valence-electron chi connectivity index (χ3n) is 2.96. The van der Waals surface area contributed by atoms with Crippen molar-refractivity contribution >= 4 is 41.3 Å². The second kappa shape index (κ2) is 8.99. The highest BCUT2D eigenvalue weighted by atomic mass is 127. The van der Waals surface area contributed by atoms with Gasteiger partial charge in [-0.1, -0.05) is 30.3 Å². The van der Waals surface area contributed by atoms with Crippen molar-refractivity contribution in [3.63, 3.8) is 0 Å². The molecule has 0 aliphatic heterocycles. The summed E-state index contributed by atoms with van der Waals surface area (Å²) in [7, 11) is 0. The number of aryl methyl sites for hydroxylation is 2. The number of benzene rings is 1. The molecule has 114 valence electrons. The number of thiazole rings is 1. The van der Waals surface area contributed by atoms with Crippen LogP contribution in [0.15, 0.2) is 35.3 Å². The molecular formula is C15H21IN4S. The number of halogens is 1. The molecule has 0 aliphatic carbocycles. The number of rotatable bonds is 5. The Labute approximate surface area is 146 Å². The summed E-state index contributed by atoms with van der Waals surface area (Å²) in [4.78, 5) is 9.91. The third-order valence-corrected chi connectivity index (χ3v) is 4.01. The fourth-order valence-electron chi connectivity index (χ4n) is 1.91. The van der Waals surface area contributed by atoms with Crippen LogP contribution >= 0.6 is 35.3 Å². The minimum atomic E-state index is 0. The van der Waals surface area contributed by atoms with Crippen LogP contribution in [0.5, 0.6) is 0 Å². The predicted octanol–water partition coefficient (Wildman–Crippen LogP) is 3.02. The molecule has 0 atom stereocenters. The van der Waals surface area contributed by atoms with Crippen LogP contribution < -0.4 is 11.1 Å². The summed E-state index contributed by atoms with van der Waals surface area (Å²) < 4.78 is 0. The van der Waals surface area contributed by atoms with Crippen molar-refractivity contribution in [1.82, 2.24) is 10.3 Å². The van der Waals surface area contributed by atoms with E-state index in [1.165, 1.54) is 10.4 Å². The highest BCUT2D eigenvalue weighted by Crippen LogP contribution is 2.17. The van der Waals surface area contributed by atoms with Crippen molar-refractivity contribution in [1.29, 1.82) is 0 Å².